The SMILES string of the molecule is CCn1c2ccccc2c2nnc(SC(C(=O)Nc3cccc(OC)c3)c3ccccc3)nc21. The second-order valence-corrected chi connectivity index (χ2v) is 8.73. The van der Waals surface area contributed by atoms with Gasteiger partial charge in [0, 0.05) is 23.7 Å². The molecule has 2 heterocycles. The Kier molecular flexibility index (Phi) is 6.14. The Bertz CT molecular complexity index is 1470. The Labute approximate surface area is 201 Å². The van der Waals surface area contributed by atoms with Crippen molar-refractivity contribution in [1.29, 1.82) is 0 Å². The molecule has 1 N–H and O–H groups in total. The van der Waals surface area contributed by atoms with E-state index in [2.05, 4.69) is 33.1 Å². The minimum atomic E-state index is -0.564. The van der Waals surface area contributed by atoms with Crippen LogP contribution < -0.4 is 10.1 Å². The van der Waals surface area contributed by atoms with Crippen molar-refractivity contribution in [3.8, 4) is 5.75 Å². The maximum absolute atomic E-state index is 13.4. The van der Waals surface area contributed by atoms with Crippen LogP contribution in [0.3, 0.4) is 0 Å². The lowest BCUT2D eigenvalue weighted by atomic mass is 10.1. The minimum Gasteiger partial charge on any atom is -0.497 e. The van der Waals surface area contributed by atoms with Gasteiger partial charge in [-0.2, -0.15) is 0 Å². The highest BCUT2D eigenvalue weighted by molar-refractivity contribution is 8.00. The van der Waals surface area contributed by atoms with Gasteiger partial charge in [-0.1, -0.05) is 66.4 Å². The van der Waals surface area contributed by atoms with E-state index in [0.29, 0.717) is 16.6 Å². The first kappa shape index (κ1) is 21.9. The van der Waals surface area contributed by atoms with E-state index < -0.39 is 5.25 Å². The molecular formula is C26H23N5O2S. The fourth-order valence-electron chi connectivity index (χ4n) is 3.97. The number of aryl methyl sites for hydroxylation is 1. The van der Waals surface area contributed by atoms with E-state index in [-0.39, 0.29) is 5.91 Å². The summed E-state index contributed by atoms with van der Waals surface area (Å²) >= 11 is 1.28. The molecule has 0 spiro atoms. The molecule has 0 saturated heterocycles. The second-order valence-electron chi connectivity index (χ2n) is 7.66. The lowest BCUT2D eigenvalue weighted by Crippen LogP contribution is -2.19. The van der Waals surface area contributed by atoms with Crippen LogP contribution in [0.15, 0.2) is 84.0 Å². The molecule has 0 fully saturated rings. The van der Waals surface area contributed by atoms with Crippen molar-refractivity contribution in [2.45, 2.75) is 23.9 Å². The largest absolute Gasteiger partial charge is 0.497 e. The Morgan fingerprint density at radius 3 is 2.62 bits per heavy atom. The Morgan fingerprint density at radius 2 is 1.82 bits per heavy atom. The van der Waals surface area contributed by atoms with Crippen molar-refractivity contribution in [3.63, 3.8) is 0 Å². The molecule has 0 radical (unpaired) electrons. The van der Waals surface area contributed by atoms with Crippen LogP contribution in [0.5, 0.6) is 5.75 Å². The zero-order valence-corrected chi connectivity index (χ0v) is 19.6. The summed E-state index contributed by atoms with van der Waals surface area (Å²) in [6.07, 6.45) is 0. The van der Waals surface area contributed by atoms with Gasteiger partial charge < -0.3 is 14.6 Å². The topological polar surface area (TPSA) is 81.9 Å². The molecule has 1 atom stereocenters. The molecule has 7 nitrogen and oxygen atoms in total. The summed E-state index contributed by atoms with van der Waals surface area (Å²) in [5.74, 6) is 0.497. The van der Waals surface area contributed by atoms with E-state index in [1.54, 1.807) is 13.2 Å². The standard InChI is InChI=1S/C26H23N5O2S/c1-3-31-21-15-8-7-14-20(21)22-24(31)28-26(30-29-22)34-23(17-10-5-4-6-11-17)25(32)27-18-12-9-13-19(16-18)33-2/h4-16,23H,3H2,1-2H3,(H,27,32). The molecule has 0 saturated carbocycles. The summed E-state index contributed by atoms with van der Waals surface area (Å²) in [6.45, 7) is 2.83. The molecule has 5 aromatic rings. The molecule has 0 aliphatic rings. The number of thioether (sulfide) groups is 1. The van der Waals surface area contributed by atoms with E-state index in [4.69, 9.17) is 9.72 Å². The number of anilines is 1. The number of nitrogens with zero attached hydrogens (tertiary/aromatic N) is 4. The number of rotatable bonds is 7. The van der Waals surface area contributed by atoms with Gasteiger partial charge in [-0.15, -0.1) is 10.2 Å². The monoisotopic (exact) mass is 469 g/mol. The maximum Gasteiger partial charge on any atom is 0.242 e. The maximum atomic E-state index is 13.4. The van der Waals surface area contributed by atoms with Crippen LogP contribution in [-0.4, -0.2) is 32.8 Å². The van der Waals surface area contributed by atoms with Gasteiger partial charge in [0.1, 0.15) is 16.5 Å². The van der Waals surface area contributed by atoms with Crippen molar-refractivity contribution in [2.75, 3.05) is 12.4 Å². The van der Waals surface area contributed by atoms with Crippen LogP contribution in [-0.2, 0) is 11.3 Å². The van der Waals surface area contributed by atoms with Crippen LogP contribution in [0, 0.1) is 0 Å². The number of benzene rings is 3. The molecular weight excluding hydrogens is 446 g/mol. The Morgan fingerprint density at radius 1 is 1.03 bits per heavy atom. The number of hydrogen-bond acceptors (Lipinski definition) is 6. The molecule has 0 aliphatic heterocycles. The average Bonchev–Trinajstić information content (AvgIpc) is 3.20. The van der Waals surface area contributed by atoms with E-state index in [0.717, 1.165) is 34.2 Å². The molecule has 34 heavy (non-hydrogen) atoms. The zero-order chi connectivity index (χ0) is 23.5. The molecule has 8 heteroatoms. The highest BCUT2D eigenvalue weighted by Crippen LogP contribution is 2.36. The summed E-state index contributed by atoms with van der Waals surface area (Å²) in [4.78, 5) is 18.2. The Balaban J connectivity index is 1.51. The first-order valence-corrected chi connectivity index (χ1v) is 11.8. The van der Waals surface area contributed by atoms with E-state index in [9.17, 15) is 4.79 Å². The summed E-state index contributed by atoms with van der Waals surface area (Å²) in [6, 6.07) is 25.0. The number of para-hydroxylation sites is 1. The van der Waals surface area contributed by atoms with Crippen molar-refractivity contribution < 1.29 is 9.53 Å². The number of carbonyl (C=O) groups excluding carboxylic acids is 1. The number of aromatic nitrogens is 4. The number of ether oxygens (including phenoxy) is 1. The number of amides is 1. The lowest BCUT2D eigenvalue weighted by Gasteiger charge is -2.16. The second kappa shape index (κ2) is 9.52. The van der Waals surface area contributed by atoms with Crippen LogP contribution in [0.4, 0.5) is 5.69 Å². The quantitative estimate of drug-likeness (QED) is 0.318. The average molecular weight is 470 g/mol. The van der Waals surface area contributed by atoms with E-state index in [1.165, 1.54) is 11.8 Å². The minimum absolute atomic E-state index is 0.177. The predicted octanol–water partition coefficient (Wildman–Crippen LogP) is 5.48. The lowest BCUT2D eigenvalue weighted by molar-refractivity contribution is -0.115. The fourth-order valence-corrected chi connectivity index (χ4v) is 4.87. The first-order chi connectivity index (χ1) is 16.7. The molecule has 5 rings (SSSR count). The van der Waals surface area contributed by atoms with Gasteiger partial charge >= 0.3 is 0 Å². The fraction of sp³-hybridized carbons (Fsp3) is 0.154. The molecule has 170 valence electrons. The van der Waals surface area contributed by atoms with Crippen LogP contribution in [0.2, 0.25) is 0 Å². The number of methoxy groups -OCH3 is 1. The zero-order valence-electron chi connectivity index (χ0n) is 18.8. The molecule has 1 unspecified atom stereocenters. The summed E-state index contributed by atoms with van der Waals surface area (Å²) in [5.41, 5.74) is 4.11. The Hall–Kier alpha value is -3.91. The smallest absolute Gasteiger partial charge is 0.242 e. The predicted molar refractivity (Wildman–Crippen MR) is 135 cm³/mol. The van der Waals surface area contributed by atoms with Gasteiger partial charge in [-0.3, -0.25) is 4.79 Å². The van der Waals surface area contributed by atoms with E-state index in [1.807, 2.05) is 66.7 Å². The summed E-state index contributed by atoms with van der Waals surface area (Å²) < 4.78 is 7.40. The van der Waals surface area contributed by atoms with Crippen molar-refractivity contribution in [2.24, 2.45) is 0 Å². The van der Waals surface area contributed by atoms with Crippen LogP contribution in [0.1, 0.15) is 17.7 Å². The van der Waals surface area contributed by atoms with Gasteiger partial charge in [0.15, 0.2) is 5.65 Å². The van der Waals surface area contributed by atoms with Gasteiger partial charge in [0.2, 0.25) is 11.1 Å². The van der Waals surface area contributed by atoms with Gasteiger partial charge in [0.05, 0.1) is 12.6 Å². The number of hydrogen-bond donors (Lipinski definition) is 1. The van der Waals surface area contributed by atoms with Crippen LogP contribution in [0.25, 0.3) is 22.1 Å². The summed E-state index contributed by atoms with van der Waals surface area (Å²) in [7, 11) is 1.60. The third-order valence-electron chi connectivity index (χ3n) is 5.57. The van der Waals surface area contributed by atoms with Gasteiger partial charge in [-0.25, -0.2) is 4.98 Å². The van der Waals surface area contributed by atoms with Gasteiger partial charge in [0.25, 0.3) is 0 Å². The third kappa shape index (κ3) is 4.20. The van der Waals surface area contributed by atoms with Crippen molar-refractivity contribution in [3.05, 3.63) is 84.4 Å². The highest BCUT2D eigenvalue weighted by atomic mass is 32.2. The number of fused-ring (bicyclic) bond motifs is 3. The molecule has 2 aromatic heterocycles. The molecule has 0 bridgehead atoms. The molecule has 3 aromatic carbocycles. The molecule has 1 amide bonds. The van der Waals surface area contributed by atoms with Crippen molar-refractivity contribution in [1.82, 2.24) is 19.7 Å². The summed E-state index contributed by atoms with van der Waals surface area (Å²) in [5, 5.41) is 12.8. The highest BCUT2D eigenvalue weighted by Gasteiger charge is 2.25. The van der Waals surface area contributed by atoms with Crippen LogP contribution >= 0.6 is 11.8 Å². The number of nitrogens with one attached hydrogen (secondary N) is 1. The van der Waals surface area contributed by atoms with Gasteiger partial charge in [-0.05, 0) is 30.7 Å². The first-order valence-electron chi connectivity index (χ1n) is 11.0. The van der Waals surface area contributed by atoms with E-state index >= 15 is 0 Å². The third-order valence-corrected chi connectivity index (χ3v) is 6.68. The number of carbonyl (C=O) groups is 1. The molecule has 0 aliphatic carbocycles. The van der Waals surface area contributed by atoms with Crippen molar-refractivity contribution >= 4 is 45.4 Å². The normalized spacial score (nSPS) is 12.1.